The summed E-state index contributed by atoms with van der Waals surface area (Å²) in [5.74, 6) is -0.324. The average Bonchev–Trinajstić information content (AvgIpc) is 2.49. The van der Waals surface area contributed by atoms with Crippen LogP contribution in [0.1, 0.15) is 39.5 Å². The summed E-state index contributed by atoms with van der Waals surface area (Å²) in [6, 6.07) is 2.97. The fraction of sp³-hybridized carbons (Fsp3) is 0.571. The number of sulfonamides is 1. The van der Waals surface area contributed by atoms with Gasteiger partial charge in [-0.25, -0.2) is 18.1 Å². The quantitative estimate of drug-likeness (QED) is 0.565. The third kappa shape index (κ3) is 5.98. The highest BCUT2D eigenvalue weighted by molar-refractivity contribution is 7.89. The van der Waals surface area contributed by atoms with Crippen molar-refractivity contribution >= 4 is 21.8 Å². The maximum Gasteiger partial charge on any atom is 0.303 e. The third-order valence-corrected chi connectivity index (χ3v) is 4.73. The van der Waals surface area contributed by atoms with E-state index in [0.717, 1.165) is 12.8 Å². The summed E-state index contributed by atoms with van der Waals surface area (Å²) >= 11 is 0. The molecule has 0 aliphatic heterocycles. The molecule has 8 heteroatoms. The Labute approximate surface area is 131 Å². The minimum absolute atomic E-state index is 0.0821. The van der Waals surface area contributed by atoms with Crippen molar-refractivity contribution in [1.29, 1.82) is 0 Å². The lowest BCUT2D eigenvalue weighted by Gasteiger charge is -2.15. The average molecular weight is 329 g/mol. The zero-order chi connectivity index (χ0) is 16.6. The van der Waals surface area contributed by atoms with E-state index in [1.165, 1.54) is 12.3 Å². The predicted molar refractivity (Wildman–Crippen MR) is 84.3 cm³/mol. The van der Waals surface area contributed by atoms with Gasteiger partial charge in [-0.3, -0.25) is 4.79 Å². The minimum atomic E-state index is -3.55. The van der Waals surface area contributed by atoms with Crippen LogP contribution in [0.3, 0.4) is 0 Å². The first-order valence-electron chi connectivity index (χ1n) is 7.33. The van der Waals surface area contributed by atoms with Gasteiger partial charge in [0.15, 0.2) is 0 Å². The zero-order valence-corrected chi connectivity index (χ0v) is 13.7. The van der Waals surface area contributed by atoms with E-state index in [1.54, 1.807) is 6.07 Å². The molecule has 0 amide bonds. The maximum atomic E-state index is 12.2. The number of aromatic nitrogens is 1. The number of carbonyl (C=O) groups is 1. The van der Waals surface area contributed by atoms with E-state index in [4.69, 9.17) is 5.11 Å². The predicted octanol–water partition coefficient (Wildman–Crippen LogP) is 1.83. The topological polar surface area (TPSA) is 108 Å². The van der Waals surface area contributed by atoms with E-state index in [2.05, 4.69) is 15.0 Å². The number of carboxylic acids is 1. The summed E-state index contributed by atoms with van der Waals surface area (Å²) in [6.45, 7) is 4.33. The van der Waals surface area contributed by atoms with E-state index in [1.807, 2.05) is 13.8 Å². The summed E-state index contributed by atoms with van der Waals surface area (Å²) < 4.78 is 27.0. The molecule has 3 N–H and O–H groups in total. The number of hydrogen-bond acceptors (Lipinski definition) is 5. The van der Waals surface area contributed by atoms with Crippen molar-refractivity contribution in [2.24, 2.45) is 0 Å². The SMILES string of the molecule is CCC(CC)NS(=O)(=O)c1ccc(NCCCC(=O)O)nc1. The molecule has 1 aromatic heterocycles. The van der Waals surface area contributed by atoms with Crippen molar-refractivity contribution in [2.75, 3.05) is 11.9 Å². The van der Waals surface area contributed by atoms with Gasteiger partial charge in [-0.2, -0.15) is 0 Å². The Morgan fingerprint density at radius 1 is 1.32 bits per heavy atom. The van der Waals surface area contributed by atoms with Gasteiger partial charge in [-0.15, -0.1) is 0 Å². The van der Waals surface area contributed by atoms with Gasteiger partial charge in [-0.1, -0.05) is 13.8 Å². The van der Waals surface area contributed by atoms with Crippen molar-refractivity contribution in [3.8, 4) is 0 Å². The van der Waals surface area contributed by atoms with Crippen LogP contribution in [0.2, 0.25) is 0 Å². The summed E-state index contributed by atoms with van der Waals surface area (Å²) in [7, 11) is -3.55. The Bertz CT molecular complexity index is 568. The maximum absolute atomic E-state index is 12.2. The number of rotatable bonds is 10. The highest BCUT2D eigenvalue weighted by Gasteiger charge is 2.18. The van der Waals surface area contributed by atoms with Crippen LogP contribution in [0, 0.1) is 0 Å². The first-order chi connectivity index (χ1) is 10.4. The molecule has 1 rings (SSSR count). The summed E-state index contributed by atoms with van der Waals surface area (Å²) in [5.41, 5.74) is 0. The molecule has 7 nitrogen and oxygen atoms in total. The van der Waals surface area contributed by atoms with Gasteiger partial charge in [0.2, 0.25) is 10.0 Å². The van der Waals surface area contributed by atoms with Crippen molar-refractivity contribution in [1.82, 2.24) is 9.71 Å². The van der Waals surface area contributed by atoms with Gasteiger partial charge in [0.05, 0.1) is 0 Å². The van der Waals surface area contributed by atoms with Crippen molar-refractivity contribution < 1.29 is 18.3 Å². The molecule has 0 bridgehead atoms. The molecule has 22 heavy (non-hydrogen) atoms. The first-order valence-corrected chi connectivity index (χ1v) is 8.81. The Morgan fingerprint density at radius 3 is 2.50 bits per heavy atom. The van der Waals surface area contributed by atoms with Crippen LogP contribution in [-0.4, -0.2) is 37.1 Å². The molecule has 0 spiro atoms. The second-order valence-corrected chi connectivity index (χ2v) is 6.65. The Balaban J connectivity index is 2.61. The van der Waals surface area contributed by atoms with Crippen LogP contribution in [0.25, 0.3) is 0 Å². The van der Waals surface area contributed by atoms with Gasteiger partial charge >= 0.3 is 5.97 Å². The lowest BCUT2D eigenvalue weighted by atomic mass is 10.2. The van der Waals surface area contributed by atoms with E-state index >= 15 is 0 Å². The molecular formula is C14H23N3O4S. The summed E-state index contributed by atoms with van der Waals surface area (Å²) in [6.07, 6.45) is 3.31. The molecule has 0 saturated heterocycles. The van der Waals surface area contributed by atoms with E-state index in [9.17, 15) is 13.2 Å². The van der Waals surface area contributed by atoms with Crippen LogP contribution in [0.4, 0.5) is 5.82 Å². The second-order valence-electron chi connectivity index (χ2n) is 4.94. The highest BCUT2D eigenvalue weighted by Crippen LogP contribution is 2.12. The molecule has 0 atom stereocenters. The standard InChI is InChI=1S/C14H23N3O4S/c1-3-11(4-2)17-22(20,21)12-7-8-13(16-10-12)15-9-5-6-14(18)19/h7-8,10-11,17H,3-6,9H2,1-2H3,(H,15,16)(H,18,19). The zero-order valence-electron chi connectivity index (χ0n) is 12.9. The summed E-state index contributed by atoms with van der Waals surface area (Å²) in [5, 5.41) is 11.5. The molecule has 1 aromatic rings. The smallest absolute Gasteiger partial charge is 0.303 e. The number of anilines is 1. The number of hydrogen-bond donors (Lipinski definition) is 3. The molecule has 0 unspecified atom stereocenters. The number of aliphatic carboxylic acids is 1. The van der Waals surface area contributed by atoms with Gasteiger partial charge in [0, 0.05) is 25.2 Å². The van der Waals surface area contributed by atoms with E-state index in [-0.39, 0.29) is 17.4 Å². The van der Waals surface area contributed by atoms with Gasteiger partial charge in [0.25, 0.3) is 0 Å². The number of pyridine rings is 1. The molecule has 1 heterocycles. The molecule has 124 valence electrons. The van der Waals surface area contributed by atoms with Crippen LogP contribution in [0.5, 0.6) is 0 Å². The number of nitrogens with zero attached hydrogens (tertiary/aromatic N) is 1. The Hall–Kier alpha value is -1.67. The molecule has 0 aromatic carbocycles. The Morgan fingerprint density at radius 2 is 2.00 bits per heavy atom. The second kappa shape index (κ2) is 8.70. The lowest BCUT2D eigenvalue weighted by molar-refractivity contribution is -0.137. The molecular weight excluding hydrogens is 306 g/mol. The van der Waals surface area contributed by atoms with Gasteiger partial charge < -0.3 is 10.4 Å². The molecule has 0 radical (unpaired) electrons. The summed E-state index contributed by atoms with van der Waals surface area (Å²) in [4.78, 5) is 14.5. The largest absolute Gasteiger partial charge is 0.481 e. The van der Waals surface area contributed by atoms with Crippen molar-refractivity contribution in [3.63, 3.8) is 0 Å². The number of nitrogens with one attached hydrogen (secondary N) is 2. The van der Waals surface area contributed by atoms with Crippen LogP contribution >= 0.6 is 0 Å². The fourth-order valence-corrected chi connectivity index (χ4v) is 3.19. The van der Waals surface area contributed by atoms with Crippen LogP contribution in [0.15, 0.2) is 23.2 Å². The van der Waals surface area contributed by atoms with E-state index < -0.39 is 16.0 Å². The highest BCUT2D eigenvalue weighted by atomic mass is 32.2. The number of carboxylic acid groups (broad SMARTS) is 1. The molecule has 0 fully saturated rings. The van der Waals surface area contributed by atoms with Gasteiger partial charge in [0.1, 0.15) is 10.7 Å². The van der Waals surface area contributed by atoms with Crippen LogP contribution in [-0.2, 0) is 14.8 Å². The van der Waals surface area contributed by atoms with Gasteiger partial charge in [-0.05, 0) is 31.4 Å². The monoisotopic (exact) mass is 329 g/mol. The third-order valence-electron chi connectivity index (χ3n) is 3.23. The molecule has 0 saturated carbocycles. The minimum Gasteiger partial charge on any atom is -0.481 e. The normalized spacial score (nSPS) is 11.6. The lowest BCUT2D eigenvalue weighted by Crippen LogP contribution is -2.33. The van der Waals surface area contributed by atoms with Crippen molar-refractivity contribution in [2.45, 2.75) is 50.5 Å². The van der Waals surface area contributed by atoms with Crippen LogP contribution < -0.4 is 10.0 Å². The molecule has 0 aliphatic carbocycles. The fourth-order valence-electron chi connectivity index (χ4n) is 1.84. The van der Waals surface area contributed by atoms with Crippen molar-refractivity contribution in [3.05, 3.63) is 18.3 Å². The van der Waals surface area contributed by atoms with E-state index in [0.29, 0.717) is 18.8 Å². The Kier molecular flexibility index (Phi) is 7.26. The first kappa shape index (κ1) is 18.4. The molecule has 0 aliphatic rings.